The van der Waals surface area contributed by atoms with E-state index in [9.17, 15) is 4.79 Å². The van der Waals surface area contributed by atoms with Crippen LogP contribution in [-0.4, -0.2) is 66.8 Å². The first-order chi connectivity index (χ1) is 12.7. The van der Waals surface area contributed by atoms with E-state index in [1.165, 1.54) is 5.56 Å². The van der Waals surface area contributed by atoms with Gasteiger partial charge in [-0.05, 0) is 63.4 Å². The van der Waals surface area contributed by atoms with Crippen molar-refractivity contribution in [3.63, 3.8) is 0 Å². The molecule has 0 unspecified atom stereocenters. The normalized spacial score (nSPS) is 22.4. The average molecular weight is 360 g/mol. The number of carbonyl (C=O) groups is 1. The van der Waals surface area contributed by atoms with Gasteiger partial charge in [-0.2, -0.15) is 0 Å². The molecular weight excluding hydrogens is 328 g/mol. The van der Waals surface area contributed by atoms with Crippen molar-refractivity contribution >= 4 is 5.91 Å². The molecule has 1 atom stereocenters. The molecule has 2 saturated heterocycles. The second-order valence-corrected chi connectivity index (χ2v) is 7.76. The number of likely N-dealkylation sites (tertiary alicyclic amines) is 2. The van der Waals surface area contributed by atoms with Crippen LogP contribution >= 0.6 is 0 Å². The summed E-state index contributed by atoms with van der Waals surface area (Å²) in [5.74, 6) is 1.82. The van der Waals surface area contributed by atoms with Crippen molar-refractivity contribution in [1.29, 1.82) is 0 Å². The standard InChI is InChI=1S/C21H32N2O3/c1-17-4-2-6-20(14-17)26-16-18-5-3-9-23(15-18)21(25)19-7-10-22(11-8-19)12-13-24/h2,4,6,14,18-19,24H,3,5,7-13,15-16H2,1H3/t18-/m1/s1. The van der Waals surface area contributed by atoms with Crippen LogP contribution in [0.2, 0.25) is 0 Å². The number of hydrogen-bond donors (Lipinski definition) is 1. The molecule has 1 N–H and O–H groups in total. The molecule has 0 radical (unpaired) electrons. The molecule has 26 heavy (non-hydrogen) atoms. The predicted octanol–water partition coefficient (Wildman–Crippen LogP) is 2.32. The Kier molecular flexibility index (Phi) is 6.92. The maximum absolute atomic E-state index is 12.9. The molecule has 1 amide bonds. The van der Waals surface area contributed by atoms with Crippen LogP contribution in [0.4, 0.5) is 0 Å². The Morgan fingerprint density at radius 1 is 1.23 bits per heavy atom. The lowest BCUT2D eigenvalue weighted by Gasteiger charge is -2.37. The lowest BCUT2D eigenvalue weighted by Crippen LogP contribution is -2.47. The minimum atomic E-state index is 0.154. The number of nitrogens with zero attached hydrogens (tertiary/aromatic N) is 2. The SMILES string of the molecule is Cc1cccc(OC[C@@H]2CCCN(C(=O)C3CCN(CCO)CC3)C2)c1. The minimum Gasteiger partial charge on any atom is -0.493 e. The Hall–Kier alpha value is -1.59. The monoisotopic (exact) mass is 360 g/mol. The van der Waals surface area contributed by atoms with E-state index < -0.39 is 0 Å². The molecular formula is C21H32N2O3. The summed E-state index contributed by atoms with van der Waals surface area (Å²) in [7, 11) is 0. The van der Waals surface area contributed by atoms with Crippen LogP contribution < -0.4 is 4.74 Å². The van der Waals surface area contributed by atoms with Crippen molar-refractivity contribution in [3.8, 4) is 5.75 Å². The van der Waals surface area contributed by atoms with Crippen molar-refractivity contribution in [2.75, 3.05) is 45.9 Å². The summed E-state index contributed by atoms with van der Waals surface area (Å²) in [5.41, 5.74) is 1.20. The van der Waals surface area contributed by atoms with Gasteiger partial charge in [0.05, 0.1) is 13.2 Å². The number of β-amino-alcohol motifs (C(OH)–C–C–N with tert-alkyl or cyclic N) is 1. The Labute approximate surface area is 156 Å². The van der Waals surface area contributed by atoms with Gasteiger partial charge in [0, 0.05) is 31.5 Å². The largest absolute Gasteiger partial charge is 0.493 e. The van der Waals surface area contributed by atoms with Crippen LogP contribution in [0.5, 0.6) is 5.75 Å². The van der Waals surface area contributed by atoms with Crippen molar-refractivity contribution in [1.82, 2.24) is 9.80 Å². The number of benzene rings is 1. The first-order valence-electron chi connectivity index (χ1n) is 9.97. The summed E-state index contributed by atoms with van der Waals surface area (Å²) < 4.78 is 5.97. The second-order valence-electron chi connectivity index (χ2n) is 7.76. The van der Waals surface area contributed by atoms with E-state index in [2.05, 4.69) is 28.9 Å². The van der Waals surface area contributed by atoms with Crippen LogP contribution in [0.3, 0.4) is 0 Å². The highest BCUT2D eigenvalue weighted by atomic mass is 16.5. The molecule has 1 aromatic rings. The van der Waals surface area contributed by atoms with E-state index in [0.717, 1.165) is 64.2 Å². The Morgan fingerprint density at radius 2 is 2.04 bits per heavy atom. The Morgan fingerprint density at radius 3 is 2.77 bits per heavy atom. The van der Waals surface area contributed by atoms with Crippen LogP contribution in [0, 0.1) is 18.8 Å². The minimum absolute atomic E-state index is 0.154. The molecule has 2 aliphatic rings. The second kappa shape index (κ2) is 9.38. The third kappa shape index (κ3) is 5.21. The van der Waals surface area contributed by atoms with E-state index in [1.54, 1.807) is 0 Å². The highest BCUT2D eigenvalue weighted by Crippen LogP contribution is 2.24. The van der Waals surface area contributed by atoms with Crippen LogP contribution in [0.1, 0.15) is 31.2 Å². The number of amides is 1. The number of hydrogen-bond acceptors (Lipinski definition) is 4. The molecule has 3 rings (SSSR count). The van der Waals surface area contributed by atoms with Gasteiger partial charge < -0.3 is 19.6 Å². The smallest absolute Gasteiger partial charge is 0.225 e. The Bertz CT molecular complexity index is 584. The number of piperidine rings is 2. The predicted molar refractivity (Wildman–Crippen MR) is 102 cm³/mol. The molecule has 0 bridgehead atoms. The summed E-state index contributed by atoms with van der Waals surface area (Å²) in [4.78, 5) is 17.2. The molecule has 2 aliphatic heterocycles. The third-order valence-electron chi connectivity index (χ3n) is 5.66. The van der Waals surface area contributed by atoms with Gasteiger partial charge in [0.25, 0.3) is 0 Å². The maximum Gasteiger partial charge on any atom is 0.225 e. The molecule has 0 saturated carbocycles. The lowest BCUT2D eigenvalue weighted by atomic mass is 9.92. The van der Waals surface area contributed by atoms with Gasteiger partial charge >= 0.3 is 0 Å². The van der Waals surface area contributed by atoms with Gasteiger partial charge in [0.15, 0.2) is 0 Å². The lowest BCUT2D eigenvalue weighted by molar-refractivity contribution is -0.139. The van der Waals surface area contributed by atoms with Gasteiger partial charge in [0.1, 0.15) is 5.75 Å². The zero-order valence-electron chi connectivity index (χ0n) is 15.9. The van der Waals surface area contributed by atoms with Crippen LogP contribution in [-0.2, 0) is 4.79 Å². The van der Waals surface area contributed by atoms with Crippen LogP contribution in [0.15, 0.2) is 24.3 Å². The zero-order chi connectivity index (χ0) is 18.4. The summed E-state index contributed by atoms with van der Waals surface area (Å²) >= 11 is 0. The van der Waals surface area contributed by atoms with Crippen molar-refractivity contribution < 1.29 is 14.6 Å². The molecule has 1 aromatic carbocycles. The van der Waals surface area contributed by atoms with E-state index in [4.69, 9.17) is 9.84 Å². The van der Waals surface area contributed by atoms with E-state index in [1.807, 2.05) is 12.1 Å². The fraction of sp³-hybridized carbons (Fsp3) is 0.667. The number of rotatable bonds is 6. The molecule has 5 heteroatoms. The Balaban J connectivity index is 1.46. The number of aliphatic hydroxyl groups excluding tert-OH is 1. The van der Waals surface area contributed by atoms with Crippen molar-refractivity contribution in [2.24, 2.45) is 11.8 Å². The van der Waals surface area contributed by atoms with Crippen LogP contribution in [0.25, 0.3) is 0 Å². The summed E-state index contributed by atoms with van der Waals surface area (Å²) in [5, 5.41) is 9.05. The van der Waals surface area contributed by atoms with E-state index in [0.29, 0.717) is 18.4 Å². The first-order valence-corrected chi connectivity index (χ1v) is 9.97. The van der Waals surface area contributed by atoms with Gasteiger partial charge in [-0.3, -0.25) is 4.79 Å². The molecule has 0 aromatic heterocycles. The molecule has 144 valence electrons. The maximum atomic E-state index is 12.9. The quantitative estimate of drug-likeness (QED) is 0.846. The topological polar surface area (TPSA) is 53.0 Å². The molecule has 5 nitrogen and oxygen atoms in total. The fourth-order valence-electron chi connectivity index (χ4n) is 4.12. The van der Waals surface area contributed by atoms with Gasteiger partial charge in [-0.25, -0.2) is 0 Å². The number of carbonyl (C=O) groups excluding carboxylic acids is 1. The molecule has 0 spiro atoms. The number of aryl methyl sites for hydroxylation is 1. The zero-order valence-corrected chi connectivity index (χ0v) is 15.9. The highest BCUT2D eigenvalue weighted by molar-refractivity contribution is 5.79. The number of aliphatic hydroxyl groups is 1. The molecule has 2 heterocycles. The number of ether oxygens (including phenoxy) is 1. The highest BCUT2D eigenvalue weighted by Gasteiger charge is 2.31. The van der Waals surface area contributed by atoms with E-state index >= 15 is 0 Å². The van der Waals surface area contributed by atoms with E-state index in [-0.39, 0.29) is 12.5 Å². The van der Waals surface area contributed by atoms with Gasteiger partial charge in [0.2, 0.25) is 5.91 Å². The average Bonchev–Trinajstić information content (AvgIpc) is 2.67. The van der Waals surface area contributed by atoms with Crippen molar-refractivity contribution in [3.05, 3.63) is 29.8 Å². The molecule has 2 fully saturated rings. The first kappa shape index (κ1) is 19.2. The van der Waals surface area contributed by atoms with Crippen molar-refractivity contribution in [2.45, 2.75) is 32.6 Å². The molecule has 0 aliphatic carbocycles. The fourth-order valence-corrected chi connectivity index (χ4v) is 4.12. The van der Waals surface area contributed by atoms with Gasteiger partial charge in [-0.15, -0.1) is 0 Å². The summed E-state index contributed by atoms with van der Waals surface area (Å²) in [6.07, 6.45) is 4.03. The van der Waals surface area contributed by atoms with Gasteiger partial charge in [-0.1, -0.05) is 12.1 Å². The summed E-state index contributed by atoms with van der Waals surface area (Å²) in [6, 6.07) is 8.15. The third-order valence-corrected chi connectivity index (χ3v) is 5.66. The summed E-state index contributed by atoms with van der Waals surface area (Å²) in [6.45, 7) is 7.23.